The van der Waals surface area contributed by atoms with E-state index in [4.69, 9.17) is 34.8 Å². The van der Waals surface area contributed by atoms with Crippen LogP contribution in [0.5, 0.6) is 0 Å². The average molecular weight is 393 g/mol. The van der Waals surface area contributed by atoms with Crippen LogP contribution < -0.4 is 5.32 Å². The van der Waals surface area contributed by atoms with Crippen LogP contribution in [0.1, 0.15) is 15.9 Å². The van der Waals surface area contributed by atoms with Crippen LogP contribution in [-0.2, 0) is 0 Å². The molecule has 1 N–H and O–H groups in total. The van der Waals surface area contributed by atoms with Crippen LogP contribution in [0.4, 0.5) is 5.69 Å². The number of benzene rings is 2. The van der Waals surface area contributed by atoms with Gasteiger partial charge in [0.15, 0.2) is 0 Å². The van der Waals surface area contributed by atoms with E-state index in [9.17, 15) is 4.79 Å². The molecule has 0 saturated heterocycles. The molecule has 2 rings (SSSR count). The van der Waals surface area contributed by atoms with Gasteiger partial charge in [-0.25, -0.2) is 0 Å². The lowest BCUT2D eigenvalue weighted by molar-refractivity contribution is 0.102. The Kier molecular flexibility index (Phi) is 4.97. The van der Waals surface area contributed by atoms with Crippen molar-refractivity contribution in [2.45, 2.75) is 6.92 Å². The Morgan fingerprint density at radius 1 is 1.10 bits per heavy atom. The molecule has 0 spiro atoms. The number of halogens is 4. The summed E-state index contributed by atoms with van der Waals surface area (Å²) >= 11 is 21.5. The highest BCUT2D eigenvalue weighted by Crippen LogP contribution is 2.33. The lowest BCUT2D eigenvalue weighted by atomic mass is 10.2. The maximum Gasteiger partial charge on any atom is 0.257 e. The Hall–Kier alpha value is -0.740. The zero-order valence-corrected chi connectivity index (χ0v) is 14.2. The van der Waals surface area contributed by atoms with Gasteiger partial charge in [-0.05, 0) is 36.8 Å². The van der Waals surface area contributed by atoms with Gasteiger partial charge in [-0.1, -0.05) is 56.8 Å². The molecule has 6 heteroatoms. The molecule has 2 aromatic rings. The van der Waals surface area contributed by atoms with E-state index in [0.29, 0.717) is 26.3 Å². The summed E-state index contributed by atoms with van der Waals surface area (Å²) in [5.41, 5.74) is 1.55. The predicted octanol–water partition coefficient (Wildman–Crippen LogP) is 5.97. The van der Waals surface area contributed by atoms with Crippen molar-refractivity contribution in [1.82, 2.24) is 0 Å². The quantitative estimate of drug-likeness (QED) is 0.669. The highest BCUT2D eigenvalue weighted by atomic mass is 79.9. The van der Waals surface area contributed by atoms with E-state index in [1.54, 1.807) is 30.3 Å². The first-order chi connectivity index (χ1) is 9.40. The van der Waals surface area contributed by atoms with Gasteiger partial charge in [-0.3, -0.25) is 4.79 Å². The Morgan fingerprint density at radius 3 is 2.45 bits per heavy atom. The van der Waals surface area contributed by atoms with Crippen molar-refractivity contribution in [1.29, 1.82) is 0 Å². The van der Waals surface area contributed by atoms with Crippen LogP contribution in [0.3, 0.4) is 0 Å². The standard InChI is InChI=1S/C14H9BrCl3NO/c1-7-2-4-11(17)13(12(7)18)19-14(20)9-6-8(15)3-5-10(9)16/h2-6H,1H3,(H,19,20). The number of carbonyl (C=O) groups excluding carboxylic acids is 1. The molecule has 0 bridgehead atoms. The van der Waals surface area contributed by atoms with Gasteiger partial charge in [0.25, 0.3) is 5.91 Å². The zero-order chi connectivity index (χ0) is 14.9. The molecule has 0 aromatic heterocycles. The maximum atomic E-state index is 12.3. The van der Waals surface area contributed by atoms with Gasteiger partial charge in [0.2, 0.25) is 0 Å². The summed E-state index contributed by atoms with van der Waals surface area (Å²) in [7, 11) is 0. The molecule has 0 atom stereocenters. The highest BCUT2D eigenvalue weighted by molar-refractivity contribution is 9.10. The third-order valence-corrected chi connectivity index (χ3v) is 4.32. The Balaban J connectivity index is 2.38. The van der Waals surface area contributed by atoms with Gasteiger partial charge in [-0.2, -0.15) is 0 Å². The molecule has 20 heavy (non-hydrogen) atoms. The molecule has 2 aromatic carbocycles. The van der Waals surface area contributed by atoms with Crippen LogP contribution in [0, 0.1) is 6.92 Å². The van der Waals surface area contributed by atoms with Crippen LogP contribution in [0.25, 0.3) is 0 Å². The van der Waals surface area contributed by atoms with Crippen molar-refractivity contribution in [2.24, 2.45) is 0 Å². The van der Waals surface area contributed by atoms with E-state index < -0.39 is 0 Å². The van der Waals surface area contributed by atoms with Crippen LogP contribution in [0.2, 0.25) is 15.1 Å². The van der Waals surface area contributed by atoms with Gasteiger partial charge < -0.3 is 5.32 Å². The average Bonchev–Trinajstić information content (AvgIpc) is 2.41. The number of carbonyl (C=O) groups is 1. The van der Waals surface area contributed by atoms with E-state index in [1.165, 1.54) is 0 Å². The molecule has 0 fully saturated rings. The summed E-state index contributed by atoms with van der Waals surface area (Å²) < 4.78 is 0.758. The lowest BCUT2D eigenvalue weighted by Crippen LogP contribution is -2.13. The number of rotatable bonds is 2. The third kappa shape index (κ3) is 3.29. The first-order valence-electron chi connectivity index (χ1n) is 5.61. The molecular formula is C14H9BrCl3NO. The Morgan fingerprint density at radius 2 is 1.75 bits per heavy atom. The second-order valence-electron chi connectivity index (χ2n) is 4.13. The highest BCUT2D eigenvalue weighted by Gasteiger charge is 2.15. The van der Waals surface area contributed by atoms with E-state index in [-0.39, 0.29) is 5.91 Å². The number of hydrogen-bond donors (Lipinski definition) is 1. The monoisotopic (exact) mass is 391 g/mol. The van der Waals surface area contributed by atoms with Crippen molar-refractivity contribution >= 4 is 62.3 Å². The molecule has 0 aliphatic rings. The van der Waals surface area contributed by atoms with Crippen LogP contribution in [-0.4, -0.2) is 5.91 Å². The first kappa shape index (κ1) is 15.6. The summed E-state index contributed by atoms with van der Waals surface area (Å²) in [4.78, 5) is 12.3. The fourth-order valence-corrected chi connectivity index (χ4v) is 2.65. The van der Waals surface area contributed by atoms with Gasteiger partial charge in [0.05, 0.1) is 26.3 Å². The Bertz CT molecular complexity index is 688. The van der Waals surface area contributed by atoms with E-state index in [2.05, 4.69) is 21.2 Å². The second kappa shape index (κ2) is 6.35. The van der Waals surface area contributed by atoms with Gasteiger partial charge >= 0.3 is 0 Å². The zero-order valence-electron chi connectivity index (χ0n) is 10.3. The normalized spacial score (nSPS) is 10.4. The summed E-state index contributed by atoms with van der Waals surface area (Å²) in [6.07, 6.45) is 0. The van der Waals surface area contributed by atoms with Crippen molar-refractivity contribution < 1.29 is 4.79 Å². The van der Waals surface area contributed by atoms with Crippen molar-refractivity contribution in [3.8, 4) is 0 Å². The molecule has 0 radical (unpaired) electrons. The molecular weight excluding hydrogens is 384 g/mol. The summed E-state index contributed by atoms with van der Waals surface area (Å²) in [6, 6.07) is 8.49. The number of hydrogen-bond acceptors (Lipinski definition) is 1. The maximum absolute atomic E-state index is 12.3. The summed E-state index contributed by atoms with van der Waals surface area (Å²) in [6.45, 7) is 1.83. The van der Waals surface area contributed by atoms with Crippen molar-refractivity contribution in [3.63, 3.8) is 0 Å². The largest absolute Gasteiger partial charge is 0.319 e. The summed E-state index contributed by atoms with van der Waals surface area (Å²) in [5.74, 6) is -0.370. The Labute approximate surface area is 140 Å². The second-order valence-corrected chi connectivity index (χ2v) is 6.24. The minimum absolute atomic E-state index is 0.342. The van der Waals surface area contributed by atoms with Crippen molar-refractivity contribution in [3.05, 3.63) is 61.0 Å². The molecule has 0 aliphatic heterocycles. The van der Waals surface area contributed by atoms with E-state index in [1.807, 2.05) is 6.92 Å². The van der Waals surface area contributed by atoms with Gasteiger partial charge in [-0.15, -0.1) is 0 Å². The smallest absolute Gasteiger partial charge is 0.257 e. The topological polar surface area (TPSA) is 29.1 Å². The van der Waals surface area contributed by atoms with E-state index >= 15 is 0 Å². The number of aryl methyl sites for hydroxylation is 1. The predicted molar refractivity (Wildman–Crippen MR) is 88.3 cm³/mol. The van der Waals surface area contributed by atoms with Crippen molar-refractivity contribution in [2.75, 3.05) is 5.32 Å². The lowest BCUT2D eigenvalue weighted by Gasteiger charge is -2.12. The fourth-order valence-electron chi connectivity index (χ4n) is 1.62. The first-order valence-corrected chi connectivity index (χ1v) is 7.54. The van der Waals surface area contributed by atoms with Gasteiger partial charge in [0, 0.05) is 4.47 Å². The molecule has 0 unspecified atom stereocenters. The summed E-state index contributed by atoms with van der Waals surface area (Å²) in [5, 5.41) is 3.84. The molecule has 2 nitrogen and oxygen atoms in total. The van der Waals surface area contributed by atoms with Crippen LogP contribution in [0.15, 0.2) is 34.8 Å². The molecule has 0 heterocycles. The SMILES string of the molecule is Cc1ccc(Cl)c(NC(=O)c2cc(Br)ccc2Cl)c1Cl. The van der Waals surface area contributed by atoms with E-state index in [0.717, 1.165) is 10.0 Å². The molecule has 0 saturated carbocycles. The minimum atomic E-state index is -0.370. The molecule has 104 valence electrons. The fraction of sp³-hybridized carbons (Fsp3) is 0.0714. The molecule has 0 aliphatic carbocycles. The molecule has 1 amide bonds. The number of anilines is 1. The number of amides is 1. The number of nitrogens with one attached hydrogen (secondary N) is 1. The minimum Gasteiger partial charge on any atom is -0.319 e. The van der Waals surface area contributed by atoms with Crippen LogP contribution >= 0.6 is 50.7 Å². The third-order valence-electron chi connectivity index (χ3n) is 2.70. The van der Waals surface area contributed by atoms with Gasteiger partial charge in [0.1, 0.15) is 0 Å².